The van der Waals surface area contributed by atoms with Crippen LogP contribution < -0.4 is 10.6 Å². The van der Waals surface area contributed by atoms with Crippen LogP contribution in [0.25, 0.3) is 0 Å². The number of benzene rings is 1. The largest absolute Gasteiger partial charge is 0.353 e. The fourth-order valence-corrected chi connectivity index (χ4v) is 2.56. The minimum atomic E-state index is 0. The van der Waals surface area contributed by atoms with Crippen molar-refractivity contribution >= 4 is 30.7 Å². The van der Waals surface area contributed by atoms with Gasteiger partial charge in [0.1, 0.15) is 0 Å². The standard InChI is InChI=1S/C15H23N3O.2ClH/c1-16-9-10-17-15(19)14-8-5-11-18(14)12-13-6-3-2-4-7-13;;/h2-4,6-7,14,16H,5,8-12H2,1H3,(H,17,19);2*1H. The highest BCUT2D eigenvalue weighted by molar-refractivity contribution is 5.85. The zero-order chi connectivity index (χ0) is 13.5. The van der Waals surface area contributed by atoms with Crippen LogP contribution in [0.2, 0.25) is 0 Å². The Morgan fingerprint density at radius 2 is 1.95 bits per heavy atom. The smallest absolute Gasteiger partial charge is 0.237 e. The fourth-order valence-electron chi connectivity index (χ4n) is 2.56. The van der Waals surface area contributed by atoms with E-state index in [-0.39, 0.29) is 36.8 Å². The van der Waals surface area contributed by atoms with Gasteiger partial charge >= 0.3 is 0 Å². The number of nitrogens with zero attached hydrogens (tertiary/aromatic N) is 1. The van der Waals surface area contributed by atoms with Crippen LogP contribution in [-0.2, 0) is 11.3 Å². The van der Waals surface area contributed by atoms with Crippen molar-refractivity contribution in [3.05, 3.63) is 35.9 Å². The lowest BCUT2D eigenvalue weighted by atomic mass is 10.1. The summed E-state index contributed by atoms with van der Waals surface area (Å²) in [5.41, 5.74) is 1.28. The molecule has 1 aliphatic heterocycles. The Balaban J connectivity index is 0.00000200. The van der Waals surface area contributed by atoms with E-state index in [0.29, 0.717) is 6.54 Å². The van der Waals surface area contributed by atoms with Crippen molar-refractivity contribution in [3.63, 3.8) is 0 Å². The third-order valence-electron chi connectivity index (χ3n) is 3.57. The third-order valence-corrected chi connectivity index (χ3v) is 3.57. The average Bonchev–Trinajstić information content (AvgIpc) is 2.88. The van der Waals surface area contributed by atoms with Gasteiger partial charge < -0.3 is 10.6 Å². The minimum absolute atomic E-state index is 0. The first-order valence-corrected chi connectivity index (χ1v) is 7.01. The number of likely N-dealkylation sites (N-methyl/N-ethyl adjacent to an activating group) is 1. The number of halogens is 2. The van der Waals surface area contributed by atoms with Crippen molar-refractivity contribution in [2.24, 2.45) is 0 Å². The molecule has 4 nitrogen and oxygen atoms in total. The molecule has 1 amide bonds. The second-order valence-electron chi connectivity index (χ2n) is 5.01. The van der Waals surface area contributed by atoms with Gasteiger partial charge in [-0.1, -0.05) is 30.3 Å². The molecular formula is C15H25Cl2N3O. The third kappa shape index (κ3) is 6.22. The van der Waals surface area contributed by atoms with Gasteiger partial charge in [-0.3, -0.25) is 9.69 Å². The molecule has 0 bridgehead atoms. The molecule has 1 atom stereocenters. The summed E-state index contributed by atoms with van der Waals surface area (Å²) >= 11 is 0. The molecule has 21 heavy (non-hydrogen) atoms. The summed E-state index contributed by atoms with van der Waals surface area (Å²) in [5, 5.41) is 6.03. The van der Waals surface area contributed by atoms with Gasteiger partial charge in [-0.25, -0.2) is 0 Å². The monoisotopic (exact) mass is 333 g/mol. The summed E-state index contributed by atoms with van der Waals surface area (Å²) in [6.45, 7) is 3.39. The molecule has 1 heterocycles. The zero-order valence-electron chi connectivity index (χ0n) is 12.4. The molecule has 1 saturated heterocycles. The predicted molar refractivity (Wildman–Crippen MR) is 91.3 cm³/mol. The molecular weight excluding hydrogens is 309 g/mol. The lowest BCUT2D eigenvalue weighted by molar-refractivity contribution is -0.125. The van der Waals surface area contributed by atoms with Crippen molar-refractivity contribution in [3.8, 4) is 0 Å². The number of rotatable bonds is 6. The van der Waals surface area contributed by atoms with Gasteiger partial charge in [0.15, 0.2) is 0 Å². The lowest BCUT2D eigenvalue weighted by Crippen LogP contribution is -2.44. The van der Waals surface area contributed by atoms with Gasteiger partial charge in [0.05, 0.1) is 6.04 Å². The Bertz CT molecular complexity index is 403. The normalized spacial score (nSPS) is 17.7. The van der Waals surface area contributed by atoms with Crippen LogP contribution in [0.5, 0.6) is 0 Å². The number of likely N-dealkylation sites (tertiary alicyclic amines) is 1. The van der Waals surface area contributed by atoms with E-state index in [4.69, 9.17) is 0 Å². The van der Waals surface area contributed by atoms with E-state index >= 15 is 0 Å². The molecule has 1 aromatic rings. The molecule has 1 fully saturated rings. The van der Waals surface area contributed by atoms with E-state index in [1.54, 1.807) is 0 Å². The average molecular weight is 334 g/mol. The van der Waals surface area contributed by atoms with Crippen molar-refractivity contribution < 1.29 is 4.79 Å². The molecule has 120 valence electrons. The lowest BCUT2D eigenvalue weighted by Gasteiger charge is -2.23. The first-order chi connectivity index (χ1) is 9.31. The van der Waals surface area contributed by atoms with Crippen LogP contribution in [0.4, 0.5) is 0 Å². The van der Waals surface area contributed by atoms with Gasteiger partial charge in [0.2, 0.25) is 5.91 Å². The van der Waals surface area contributed by atoms with E-state index < -0.39 is 0 Å². The van der Waals surface area contributed by atoms with E-state index in [0.717, 1.165) is 32.5 Å². The molecule has 1 unspecified atom stereocenters. The van der Waals surface area contributed by atoms with E-state index in [2.05, 4.69) is 27.7 Å². The van der Waals surface area contributed by atoms with Gasteiger partial charge in [0.25, 0.3) is 0 Å². The van der Waals surface area contributed by atoms with Gasteiger partial charge in [-0.15, -0.1) is 24.8 Å². The number of carbonyl (C=O) groups excluding carboxylic acids is 1. The highest BCUT2D eigenvalue weighted by atomic mass is 35.5. The number of amides is 1. The molecule has 1 aromatic carbocycles. The Labute approximate surface area is 139 Å². The maximum Gasteiger partial charge on any atom is 0.237 e. The highest BCUT2D eigenvalue weighted by Gasteiger charge is 2.30. The SMILES string of the molecule is CNCCNC(=O)C1CCCN1Cc1ccccc1.Cl.Cl. The maximum atomic E-state index is 12.1. The summed E-state index contributed by atoms with van der Waals surface area (Å²) < 4.78 is 0. The van der Waals surface area contributed by atoms with E-state index in [1.165, 1.54) is 5.56 Å². The second-order valence-corrected chi connectivity index (χ2v) is 5.01. The van der Waals surface area contributed by atoms with Crippen LogP contribution in [0, 0.1) is 0 Å². The summed E-state index contributed by atoms with van der Waals surface area (Å²) in [6.07, 6.45) is 2.08. The molecule has 2 N–H and O–H groups in total. The Morgan fingerprint density at radius 3 is 2.62 bits per heavy atom. The summed E-state index contributed by atoms with van der Waals surface area (Å²) in [6, 6.07) is 10.4. The van der Waals surface area contributed by atoms with Crippen molar-refractivity contribution in [2.45, 2.75) is 25.4 Å². The number of carbonyl (C=O) groups is 1. The molecule has 0 aliphatic carbocycles. The van der Waals surface area contributed by atoms with E-state index in [1.807, 2.05) is 25.2 Å². The van der Waals surface area contributed by atoms with Crippen molar-refractivity contribution in [1.82, 2.24) is 15.5 Å². The van der Waals surface area contributed by atoms with Crippen molar-refractivity contribution in [2.75, 3.05) is 26.7 Å². The number of hydrogen-bond acceptors (Lipinski definition) is 3. The van der Waals surface area contributed by atoms with Crippen molar-refractivity contribution in [1.29, 1.82) is 0 Å². The summed E-state index contributed by atoms with van der Waals surface area (Å²) in [7, 11) is 1.89. The Morgan fingerprint density at radius 1 is 1.24 bits per heavy atom. The quantitative estimate of drug-likeness (QED) is 0.780. The number of hydrogen-bond donors (Lipinski definition) is 2. The molecule has 0 saturated carbocycles. The van der Waals surface area contributed by atoms with Crippen LogP contribution in [-0.4, -0.2) is 43.5 Å². The maximum absolute atomic E-state index is 12.1. The molecule has 0 aromatic heterocycles. The second kappa shape index (κ2) is 10.9. The molecule has 0 radical (unpaired) electrons. The van der Waals surface area contributed by atoms with E-state index in [9.17, 15) is 4.79 Å². The predicted octanol–water partition coefficient (Wildman–Crippen LogP) is 1.83. The highest BCUT2D eigenvalue weighted by Crippen LogP contribution is 2.20. The van der Waals surface area contributed by atoms with Gasteiger partial charge in [-0.2, -0.15) is 0 Å². The topological polar surface area (TPSA) is 44.4 Å². The number of nitrogens with one attached hydrogen (secondary N) is 2. The molecule has 2 rings (SSSR count). The summed E-state index contributed by atoms with van der Waals surface area (Å²) in [4.78, 5) is 14.4. The molecule has 0 spiro atoms. The van der Waals surface area contributed by atoms with Crippen LogP contribution in [0.3, 0.4) is 0 Å². The fraction of sp³-hybridized carbons (Fsp3) is 0.533. The first kappa shape index (κ1) is 20.2. The van der Waals surface area contributed by atoms with Crippen LogP contribution in [0.15, 0.2) is 30.3 Å². The zero-order valence-corrected chi connectivity index (χ0v) is 14.0. The Kier molecular flexibility index (Phi) is 10.4. The molecule has 1 aliphatic rings. The van der Waals surface area contributed by atoms with Gasteiger partial charge in [0, 0.05) is 19.6 Å². The van der Waals surface area contributed by atoms with Crippen LogP contribution in [0.1, 0.15) is 18.4 Å². The molecule has 6 heteroatoms. The summed E-state index contributed by atoms with van der Waals surface area (Å²) in [5.74, 6) is 0.170. The minimum Gasteiger partial charge on any atom is -0.353 e. The first-order valence-electron chi connectivity index (χ1n) is 7.01. The van der Waals surface area contributed by atoms with Gasteiger partial charge in [-0.05, 0) is 32.0 Å². The Hall–Kier alpha value is -0.810. The van der Waals surface area contributed by atoms with Crippen LogP contribution >= 0.6 is 24.8 Å².